The molecule has 2 N–H and O–H groups in total. The highest BCUT2D eigenvalue weighted by molar-refractivity contribution is 5.94. The summed E-state index contributed by atoms with van der Waals surface area (Å²) >= 11 is 0. The Balaban J connectivity index is 1.28. The number of para-hydroxylation sites is 1. The van der Waals surface area contributed by atoms with Gasteiger partial charge in [0, 0.05) is 29.2 Å². The second-order valence-electron chi connectivity index (χ2n) is 8.24. The minimum atomic E-state index is 0.670. The van der Waals surface area contributed by atoms with Crippen LogP contribution in [0.25, 0.3) is 44.6 Å². The Labute approximate surface area is 185 Å². The fourth-order valence-electron chi connectivity index (χ4n) is 4.39. The van der Waals surface area contributed by atoms with Crippen LogP contribution in [-0.2, 0) is 0 Å². The van der Waals surface area contributed by atoms with Crippen LogP contribution in [0, 0.1) is 0 Å². The third kappa shape index (κ3) is 3.61. The van der Waals surface area contributed by atoms with Gasteiger partial charge in [0.05, 0.1) is 23.1 Å². The van der Waals surface area contributed by atoms with Crippen LogP contribution in [0.2, 0.25) is 0 Å². The number of hydrogen-bond donors (Lipinski definition) is 2. The van der Waals surface area contributed by atoms with Crippen molar-refractivity contribution in [1.82, 2.24) is 30.0 Å². The first kappa shape index (κ1) is 19.0. The van der Waals surface area contributed by atoms with Crippen LogP contribution < -0.4 is 4.74 Å². The van der Waals surface area contributed by atoms with Crippen LogP contribution >= 0.6 is 0 Å². The molecule has 1 aliphatic rings. The molecule has 1 fully saturated rings. The summed E-state index contributed by atoms with van der Waals surface area (Å²) in [6.07, 6.45) is 6.17. The van der Waals surface area contributed by atoms with E-state index in [9.17, 15) is 0 Å². The summed E-state index contributed by atoms with van der Waals surface area (Å²) in [6.45, 7) is 3.98. The van der Waals surface area contributed by atoms with Gasteiger partial charge in [-0.3, -0.25) is 15.0 Å². The van der Waals surface area contributed by atoms with Crippen LogP contribution in [0.15, 0.2) is 60.9 Å². The summed E-state index contributed by atoms with van der Waals surface area (Å²) in [5.41, 5.74) is 6.33. The van der Waals surface area contributed by atoms with E-state index in [1.807, 2.05) is 36.5 Å². The van der Waals surface area contributed by atoms with E-state index < -0.39 is 0 Å². The lowest BCUT2D eigenvalue weighted by atomic mass is 10.1. The standard InChI is InChI=1S/C25H24N6O/c1-2-6-20-17(5-1)14-23(27-20)25-24-22(29-30-25)8-7-21(28-24)18-13-19(16-26-15-18)32-12-11-31-9-3-4-10-31/h1-2,5-8,13-16,27H,3-4,9-12H2,(H,29,30). The van der Waals surface area contributed by atoms with E-state index in [4.69, 9.17) is 9.72 Å². The molecule has 5 heterocycles. The van der Waals surface area contributed by atoms with Crippen molar-refractivity contribution in [2.24, 2.45) is 0 Å². The molecule has 0 spiro atoms. The molecule has 5 aromatic rings. The molecule has 160 valence electrons. The number of aromatic amines is 2. The fourth-order valence-corrected chi connectivity index (χ4v) is 4.39. The number of benzene rings is 1. The maximum Gasteiger partial charge on any atom is 0.138 e. The highest BCUT2D eigenvalue weighted by atomic mass is 16.5. The summed E-state index contributed by atoms with van der Waals surface area (Å²) in [6, 6.07) is 16.3. The first-order valence-corrected chi connectivity index (χ1v) is 11.1. The van der Waals surface area contributed by atoms with Gasteiger partial charge in [-0.05, 0) is 56.3 Å². The fraction of sp³-hybridized carbons (Fsp3) is 0.240. The molecule has 0 unspecified atom stereocenters. The summed E-state index contributed by atoms with van der Waals surface area (Å²) in [5, 5.41) is 8.78. The first-order valence-electron chi connectivity index (χ1n) is 11.1. The molecular formula is C25H24N6O. The average molecular weight is 425 g/mol. The monoisotopic (exact) mass is 424 g/mol. The number of nitrogens with zero attached hydrogens (tertiary/aromatic N) is 4. The third-order valence-electron chi connectivity index (χ3n) is 6.08. The van der Waals surface area contributed by atoms with E-state index in [2.05, 4.69) is 43.3 Å². The van der Waals surface area contributed by atoms with Crippen molar-refractivity contribution in [2.75, 3.05) is 26.2 Å². The second-order valence-corrected chi connectivity index (χ2v) is 8.24. The van der Waals surface area contributed by atoms with Gasteiger partial charge < -0.3 is 9.72 Å². The van der Waals surface area contributed by atoms with Crippen LogP contribution in [0.5, 0.6) is 5.75 Å². The molecule has 0 saturated carbocycles. The number of pyridine rings is 2. The zero-order valence-electron chi connectivity index (χ0n) is 17.7. The maximum atomic E-state index is 5.97. The van der Waals surface area contributed by atoms with E-state index in [0.29, 0.717) is 6.61 Å². The Hall–Kier alpha value is -3.71. The van der Waals surface area contributed by atoms with Gasteiger partial charge in [0.2, 0.25) is 0 Å². The molecule has 0 aliphatic carbocycles. The lowest BCUT2D eigenvalue weighted by Crippen LogP contribution is -2.25. The Morgan fingerprint density at radius 3 is 2.78 bits per heavy atom. The van der Waals surface area contributed by atoms with E-state index in [-0.39, 0.29) is 0 Å². The molecule has 1 saturated heterocycles. The van der Waals surface area contributed by atoms with Crippen LogP contribution in [-0.4, -0.2) is 56.3 Å². The molecule has 0 radical (unpaired) electrons. The van der Waals surface area contributed by atoms with Gasteiger partial charge in [0.25, 0.3) is 0 Å². The predicted octanol–water partition coefficient (Wildman–Crippen LogP) is 4.64. The quantitative estimate of drug-likeness (QED) is 0.415. The third-order valence-corrected chi connectivity index (χ3v) is 6.08. The van der Waals surface area contributed by atoms with Crippen molar-refractivity contribution in [3.05, 3.63) is 60.9 Å². The minimum Gasteiger partial charge on any atom is -0.491 e. The Morgan fingerprint density at radius 1 is 0.969 bits per heavy atom. The van der Waals surface area contributed by atoms with E-state index in [0.717, 1.165) is 56.9 Å². The molecular weight excluding hydrogens is 400 g/mol. The summed E-state index contributed by atoms with van der Waals surface area (Å²) in [4.78, 5) is 15.2. The highest BCUT2D eigenvalue weighted by Gasteiger charge is 2.14. The van der Waals surface area contributed by atoms with E-state index in [1.165, 1.54) is 25.9 Å². The number of nitrogens with one attached hydrogen (secondary N) is 2. The van der Waals surface area contributed by atoms with Gasteiger partial charge in [-0.25, -0.2) is 4.98 Å². The van der Waals surface area contributed by atoms with Crippen molar-refractivity contribution < 1.29 is 4.74 Å². The van der Waals surface area contributed by atoms with Gasteiger partial charge in [-0.1, -0.05) is 18.2 Å². The van der Waals surface area contributed by atoms with Crippen molar-refractivity contribution in [1.29, 1.82) is 0 Å². The SMILES string of the molecule is c1ccc2[nH]c(-c3n[nH]c4ccc(-c5cncc(OCCN6CCCC6)c5)nc34)cc2c1. The number of rotatable bonds is 6. The number of H-pyrrole nitrogens is 2. The number of ether oxygens (including phenoxy) is 1. The lowest BCUT2D eigenvalue weighted by Gasteiger charge is -2.15. The van der Waals surface area contributed by atoms with Gasteiger partial charge in [-0.15, -0.1) is 0 Å². The molecule has 6 rings (SSSR count). The summed E-state index contributed by atoms with van der Waals surface area (Å²) in [7, 11) is 0. The highest BCUT2D eigenvalue weighted by Crippen LogP contribution is 2.30. The number of hydrogen-bond acceptors (Lipinski definition) is 5. The van der Waals surface area contributed by atoms with Crippen LogP contribution in [0.3, 0.4) is 0 Å². The van der Waals surface area contributed by atoms with Crippen LogP contribution in [0.1, 0.15) is 12.8 Å². The maximum absolute atomic E-state index is 5.97. The van der Waals surface area contributed by atoms with Crippen molar-refractivity contribution in [3.8, 4) is 28.4 Å². The summed E-state index contributed by atoms with van der Waals surface area (Å²) < 4.78 is 5.97. The van der Waals surface area contributed by atoms with Crippen molar-refractivity contribution in [3.63, 3.8) is 0 Å². The Kier molecular flexibility index (Phi) is 4.81. The van der Waals surface area contributed by atoms with Gasteiger partial charge in [-0.2, -0.15) is 5.10 Å². The largest absolute Gasteiger partial charge is 0.491 e. The molecule has 0 atom stereocenters. The van der Waals surface area contributed by atoms with E-state index >= 15 is 0 Å². The molecule has 1 aliphatic heterocycles. The van der Waals surface area contributed by atoms with Gasteiger partial charge in [0.15, 0.2) is 0 Å². The van der Waals surface area contributed by atoms with Crippen molar-refractivity contribution in [2.45, 2.75) is 12.8 Å². The molecule has 0 bridgehead atoms. The minimum absolute atomic E-state index is 0.670. The normalized spacial score (nSPS) is 14.5. The molecule has 1 aromatic carbocycles. The average Bonchev–Trinajstić information content (AvgIpc) is 3.58. The van der Waals surface area contributed by atoms with Gasteiger partial charge >= 0.3 is 0 Å². The number of aromatic nitrogens is 5. The predicted molar refractivity (Wildman–Crippen MR) is 126 cm³/mol. The Bertz CT molecular complexity index is 1350. The van der Waals surface area contributed by atoms with Gasteiger partial charge in [0.1, 0.15) is 23.6 Å². The van der Waals surface area contributed by atoms with E-state index in [1.54, 1.807) is 6.20 Å². The lowest BCUT2D eigenvalue weighted by molar-refractivity contribution is 0.237. The molecule has 0 amide bonds. The topological polar surface area (TPSA) is 82.7 Å². The van der Waals surface area contributed by atoms with Crippen molar-refractivity contribution >= 4 is 21.9 Å². The smallest absolute Gasteiger partial charge is 0.138 e. The first-order chi connectivity index (χ1) is 15.8. The second kappa shape index (κ2) is 8.09. The molecule has 4 aromatic heterocycles. The Morgan fingerprint density at radius 2 is 1.88 bits per heavy atom. The molecule has 7 nitrogen and oxygen atoms in total. The van der Waals surface area contributed by atoms with Crippen LogP contribution in [0.4, 0.5) is 0 Å². The zero-order valence-corrected chi connectivity index (χ0v) is 17.7. The molecule has 32 heavy (non-hydrogen) atoms. The molecule has 7 heteroatoms. The number of fused-ring (bicyclic) bond motifs is 2. The number of likely N-dealkylation sites (tertiary alicyclic amines) is 1. The summed E-state index contributed by atoms with van der Waals surface area (Å²) in [5.74, 6) is 0.770. The zero-order chi connectivity index (χ0) is 21.3.